The SMILES string of the molecule is O=C1C2CCCCC2C(=O)N1CCCS. The zero-order valence-electron chi connectivity index (χ0n) is 8.82. The van der Waals surface area contributed by atoms with E-state index in [2.05, 4.69) is 12.6 Å². The lowest BCUT2D eigenvalue weighted by molar-refractivity contribution is -0.139. The third-order valence-corrected chi connectivity index (χ3v) is 3.79. The molecular formula is C11H17NO2S. The van der Waals surface area contributed by atoms with Crippen molar-refractivity contribution >= 4 is 24.4 Å². The second-order valence-corrected chi connectivity index (χ2v) is 4.85. The molecule has 2 rings (SSSR count). The highest BCUT2D eigenvalue weighted by Crippen LogP contribution is 2.37. The number of amides is 2. The Morgan fingerprint density at radius 3 is 2.13 bits per heavy atom. The van der Waals surface area contributed by atoms with E-state index in [9.17, 15) is 9.59 Å². The molecule has 0 aromatic carbocycles. The van der Waals surface area contributed by atoms with E-state index < -0.39 is 0 Å². The fourth-order valence-electron chi connectivity index (χ4n) is 2.68. The largest absolute Gasteiger partial charge is 0.282 e. The van der Waals surface area contributed by atoms with Crippen LogP contribution in [0.2, 0.25) is 0 Å². The van der Waals surface area contributed by atoms with Gasteiger partial charge in [0.1, 0.15) is 0 Å². The number of likely N-dealkylation sites (tertiary alicyclic amines) is 1. The van der Waals surface area contributed by atoms with Gasteiger partial charge in [-0.05, 0) is 25.0 Å². The first-order valence-electron chi connectivity index (χ1n) is 5.72. The molecule has 1 heterocycles. The quantitative estimate of drug-likeness (QED) is 0.586. The summed E-state index contributed by atoms with van der Waals surface area (Å²) in [5.74, 6) is 0.891. The van der Waals surface area contributed by atoms with Crippen molar-refractivity contribution in [2.24, 2.45) is 11.8 Å². The van der Waals surface area contributed by atoms with E-state index in [1.807, 2.05) is 0 Å². The summed E-state index contributed by atoms with van der Waals surface area (Å²) in [6, 6.07) is 0. The van der Waals surface area contributed by atoms with Crippen molar-refractivity contribution in [2.45, 2.75) is 32.1 Å². The number of fused-ring (bicyclic) bond motifs is 1. The van der Waals surface area contributed by atoms with Gasteiger partial charge in [0.05, 0.1) is 11.8 Å². The molecule has 15 heavy (non-hydrogen) atoms. The maximum absolute atomic E-state index is 11.9. The zero-order valence-corrected chi connectivity index (χ0v) is 9.71. The number of nitrogens with zero attached hydrogens (tertiary/aromatic N) is 1. The average molecular weight is 227 g/mol. The molecule has 4 heteroatoms. The Bertz CT molecular complexity index is 256. The molecule has 1 saturated carbocycles. The molecule has 3 nitrogen and oxygen atoms in total. The summed E-state index contributed by atoms with van der Waals surface area (Å²) >= 11 is 4.11. The first-order chi connectivity index (χ1) is 7.25. The van der Waals surface area contributed by atoms with Gasteiger partial charge in [-0.15, -0.1) is 0 Å². The lowest BCUT2D eigenvalue weighted by Crippen LogP contribution is -2.32. The lowest BCUT2D eigenvalue weighted by Gasteiger charge is -2.19. The predicted molar refractivity (Wildman–Crippen MR) is 60.6 cm³/mol. The van der Waals surface area contributed by atoms with Crippen LogP contribution in [0.1, 0.15) is 32.1 Å². The Labute approximate surface area is 95.6 Å². The Morgan fingerprint density at radius 2 is 1.67 bits per heavy atom. The molecule has 2 amide bonds. The van der Waals surface area contributed by atoms with Crippen LogP contribution in [0.4, 0.5) is 0 Å². The molecule has 2 unspecified atom stereocenters. The second-order valence-electron chi connectivity index (χ2n) is 4.40. The summed E-state index contributed by atoms with van der Waals surface area (Å²) in [4.78, 5) is 25.3. The normalized spacial score (nSPS) is 30.9. The maximum atomic E-state index is 11.9. The lowest BCUT2D eigenvalue weighted by atomic mass is 9.81. The molecule has 1 aliphatic heterocycles. The standard InChI is InChI=1S/C11H17NO2S/c13-10-8-4-1-2-5-9(8)11(14)12(10)6-3-7-15/h8-9,15H,1-7H2. The van der Waals surface area contributed by atoms with Crippen LogP contribution in [0.3, 0.4) is 0 Å². The van der Waals surface area contributed by atoms with Crippen LogP contribution in [0, 0.1) is 11.8 Å². The number of rotatable bonds is 3. The van der Waals surface area contributed by atoms with Gasteiger partial charge in [0.2, 0.25) is 11.8 Å². The number of hydrogen-bond acceptors (Lipinski definition) is 3. The van der Waals surface area contributed by atoms with Gasteiger partial charge in [-0.1, -0.05) is 12.8 Å². The zero-order chi connectivity index (χ0) is 10.8. The summed E-state index contributed by atoms with van der Waals surface area (Å²) < 4.78 is 0. The Hall–Kier alpha value is -0.510. The van der Waals surface area contributed by atoms with Crippen molar-refractivity contribution in [3.8, 4) is 0 Å². The number of carbonyl (C=O) groups excluding carboxylic acids is 2. The monoisotopic (exact) mass is 227 g/mol. The van der Waals surface area contributed by atoms with Crippen molar-refractivity contribution in [1.82, 2.24) is 4.90 Å². The van der Waals surface area contributed by atoms with Gasteiger partial charge in [-0.25, -0.2) is 0 Å². The van der Waals surface area contributed by atoms with E-state index in [0.717, 1.165) is 37.9 Å². The van der Waals surface area contributed by atoms with Crippen LogP contribution < -0.4 is 0 Å². The van der Waals surface area contributed by atoms with E-state index in [1.54, 1.807) is 0 Å². The first kappa shape index (κ1) is 11.0. The molecule has 2 fully saturated rings. The second kappa shape index (κ2) is 4.56. The fourth-order valence-corrected chi connectivity index (χ4v) is 2.82. The topological polar surface area (TPSA) is 37.4 Å². The van der Waals surface area contributed by atoms with Gasteiger partial charge >= 0.3 is 0 Å². The molecule has 1 saturated heterocycles. The van der Waals surface area contributed by atoms with Crippen LogP contribution in [-0.2, 0) is 9.59 Å². The van der Waals surface area contributed by atoms with Crippen LogP contribution in [0.25, 0.3) is 0 Å². The number of hydrogen-bond donors (Lipinski definition) is 1. The van der Waals surface area contributed by atoms with E-state index in [0.29, 0.717) is 6.54 Å². The van der Waals surface area contributed by atoms with Gasteiger partial charge in [0, 0.05) is 6.54 Å². The third-order valence-electron chi connectivity index (χ3n) is 3.47. The molecule has 1 aliphatic carbocycles. The fraction of sp³-hybridized carbons (Fsp3) is 0.818. The summed E-state index contributed by atoms with van der Waals surface area (Å²) in [6.45, 7) is 0.564. The minimum absolute atomic E-state index is 0.00571. The van der Waals surface area contributed by atoms with Gasteiger partial charge in [-0.2, -0.15) is 12.6 Å². The van der Waals surface area contributed by atoms with Crippen molar-refractivity contribution in [1.29, 1.82) is 0 Å². The molecule has 0 radical (unpaired) electrons. The van der Waals surface area contributed by atoms with E-state index in [-0.39, 0.29) is 23.7 Å². The average Bonchev–Trinajstić information content (AvgIpc) is 2.51. The molecular weight excluding hydrogens is 210 g/mol. The van der Waals surface area contributed by atoms with Crippen LogP contribution in [0.15, 0.2) is 0 Å². The van der Waals surface area contributed by atoms with Crippen molar-refractivity contribution in [3.63, 3.8) is 0 Å². The first-order valence-corrected chi connectivity index (χ1v) is 6.35. The van der Waals surface area contributed by atoms with Crippen molar-refractivity contribution < 1.29 is 9.59 Å². The smallest absolute Gasteiger partial charge is 0.233 e. The Kier molecular flexibility index (Phi) is 3.34. The van der Waals surface area contributed by atoms with Gasteiger partial charge in [0.25, 0.3) is 0 Å². The van der Waals surface area contributed by atoms with Gasteiger partial charge in [-0.3, -0.25) is 14.5 Å². The summed E-state index contributed by atoms with van der Waals surface area (Å²) in [6.07, 6.45) is 4.82. The highest BCUT2D eigenvalue weighted by molar-refractivity contribution is 7.80. The minimum atomic E-state index is 0.00571. The molecule has 0 N–H and O–H groups in total. The van der Waals surface area contributed by atoms with E-state index in [1.165, 1.54) is 4.90 Å². The highest BCUT2D eigenvalue weighted by Gasteiger charge is 2.47. The van der Waals surface area contributed by atoms with Crippen LogP contribution in [-0.4, -0.2) is 29.0 Å². The molecule has 0 spiro atoms. The third kappa shape index (κ3) is 1.92. The van der Waals surface area contributed by atoms with Gasteiger partial charge in [0.15, 0.2) is 0 Å². The summed E-state index contributed by atoms with van der Waals surface area (Å²) in [5.41, 5.74) is 0. The molecule has 0 aromatic rings. The molecule has 0 aromatic heterocycles. The molecule has 84 valence electrons. The van der Waals surface area contributed by atoms with Crippen molar-refractivity contribution in [3.05, 3.63) is 0 Å². The Balaban J connectivity index is 2.07. The Morgan fingerprint density at radius 1 is 1.13 bits per heavy atom. The van der Waals surface area contributed by atoms with Crippen molar-refractivity contribution in [2.75, 3.05) is 12.3 Å². The number of carbonyl (C=O) groups is 2. The van der Waals surface area contributed by atoms with E-state index in [4.69, 9.17) is 0 Å². The maximum Gasteiger partial charge on any atom is 0.233 e. The number of imide groups is 1. The molecule has 2 aliphatic rings. The number of thiol groups is 1. The molecule has 0 bridgehead atoms. The predicted octanol–water partition coefficient (Wildman–Crippen LogP) is 1.48. The van der Waals surface area contributed by atoms with Gasteiger partial charge < -0.3 is 0 Å². The highest BCUT2D eigenvalue weighted by atomic mass is 32.1. The van der Waals surface area contributed by atoms with Crippen LogP contribution >= 0.6 is 12.6 Å². The van der Waals surface area contributed by atoms with E-state index >= 15 is 0 Å². The summed E-state index contributed by atoms with van der Waals surface area (Å²) in [7, 11) is 0. The van der Waals surface area contributed by atoms with Crippen LogP contribution in [0.5, 0.6) is 0 Å². The summed E-state index contributed by atoms with van der Waals surface area (Å²) in [5, 5.41) is 0. The molecule has 2 atom stereocenters. The minimum Gasteiger partial charge on any atom is -0.282 e.